The fraction of sp³-hybridized carbons (Fsp3) is 0.250. The van der Waals surface area contributed by atoms with Gasteiger partial charge in [0.05, 0.1) is 11.0 Å². The number of rotatable bonds is 6. The fourth-order valence-electron chi connectivity index (χ4n) is 2.98. The van der Waals surface area contributed by atoms with Gasteiger partial charge in [-0.2, -0.15) is 0 Å². The normalized spacial score (nSPS) is 12.0. The second kappa shape index (κ2) is 7.54. The highest BCUT2D eigenvalue weighted by molar-refractivity contribution is 6.17. The van der Waals surface area contributed by atoms with E-state index in [4.69, 9.17) is 11.6 Å². The van der Waals surface area contributed by atoms with Crippen LogP contribution in [-0.2, 0) is 6.54 Å². The van der Waals surface area contributed by atoms with Crippen molar-refractivity contribution in [1.29, 1.82) is 0 Å². The van der Waals surface area contributed by atoms with Crippen molar-refractivity contribution in [2.45, 2.75) is 26.3 Å². The van der Waals surface area contributed by atoms with Gasteiger partial charge in [0.1, 0.15) is 0 Å². The molecule has 3 rings (SSSR count). The first-order valence-electron chi connectivity index (χ1n) is 8.22. The third-order valence-corrected chi connectivity index (χ3v) is 4.40. The van der Waals surface area contributed by atoms with E-state index in [0.717, 1.165) is 35.1 Å². The summed E-state index contributed by atoms with van der Waals surface area (Å²) < 4.78 is 3.65. The number of alkyl halides is 1. The van der Waals surface area contributed by atoms with Crippen molar-refractivity contribution in [2.75, 3.05) is 5.88 Å². The lowest BCUT2D eigenvalue weighted by Gasteiger charge is -2.04. The number of hydrogen-bond acceptors (Lipinski definition) is 1. The standard InChI is InChI=1S/C20H21ClN2O/c1-16(15-17-9-3-2-4-10-17)23-19-12-6-5-11-18(19)22(20(23)24)14-8-7-13-21/h2-6,9-12,15H,7-8,13-14H2,1H3/b16-15+. The quantitative estimate of drug-likeness (QED) is 0.466. The van der Waals surface area contributed by atoms with Gasteiger partial charge in [-0.3, -0.25) is 9.13 Å². The van der Waals surface area contributed by atoms with Crippen LogP contribution < -0.4 is 5.69 Å². The molecule has 124 valence electrons. The molecule has 0 radical (unpaired) electrons. The van der Waals surface area contributed by atoms with Crippen LogP contribution in [0, 0.1) is 0 Å². The Balaban J connectivity index is 2.09. The van der Waals surface area contributed by atoms with Gasteiger partial charge in [0.15, 0.2) is 0 Å². The monoisotopic (exact) mass is 340 g/mol. The molecule has 0 fully saturated rings. The molecular formula is C20H21ClN2O. The van der Waals surface area contributed by atoms with Crippen molar-refractivity contribution in [3.63, 3.8) is 0 Å². The number of imidazole rings is 1. The van der Waals surface area contributed by atoms with E-state index in [1.54, 1.807) is 4.57 Å². The number of aromatic nitrogens is 2. The first-order chi connectivity index (χ1) is 11.7. The number of nitrogens with zero attached hydrogens (tertiary/aromatic N) is 2. The van der Waals surface area contributed by atoms with Crippen molar-refractivity contribution in [1.82, 2.24) is 9.13 Å². The number of halogens is 1. The third-order valence-electron chi connectivity index (χ3n) is 4.13. The van der Waals surface area contributed by atoms with E-state index >= 15 is 0 Å². The van der Waals surface area contributed by atoms with Crippen molar-refractivity contribution >= 4 is 34.4 Å². The summed E-state index contributed by atoms with van der Waals surface area (Å²) in [5.41, 5.74) is 3.92. The second-order valence-electron chi connectivity index (χ2n) is 5.85. The summed E-state index contributed by atoms with van der Waals surface area (Å²) in [6.45, 7) is 2.67. The molecule has 24 heavy (non-hydrogen) atoms. The van der Waals surface area contributed by atoms with Crippen LogP contribution in [0.15, 0.2) is 59.4 Å². The first kappa shape index (κ1) is 16.6. The Morgan fingerprint density at radius 1 is 1.00 bits per heavy atom. The summed E-state index contributed by atoms with van der Waals surface area (Å²) in [5.74, 6) is 0.625. The summed E-state index contributed by atoms with van der Waals surface area (Å²) in [4.78, 5) is 13.0. The minimum Gasteiger partial charge on any atom is -0.292 e. The number of benzene rings is 2. The second-order valence-corrected chi connectivity index (χ2v) is 6.23. The van der Waals surface area contributed by atoms with Crippen molar-refractivity contribution < 1.29 is 0 Å². The highest BCUT2D eigenvalue weighted by Gasteiger charge is 2.13. The van der Waals surface area contributed by atoms with Crippen LogP contribution in [-0.4, -0.2) is 15.0 Å². The SMILES string of the molecule is C/C(=C\c1ccccc1)n1c(=O)n(CCCCCl)c2ccccc21. The summed E-state index contributed by atoms with van der Waals surface area (Å²) >= 11 is 5.77. The van der Waals surface area contributed by atoms with Gasteiger partial charge in [0, 0.05) is 18.1 Å². The van der Waals surface area contributed by atoms with Crippen LogP contribution in [0.3, 0.4) is 0 Å². The average Bonchev–Trinajstić information content (AvgIpc) is 2.88. The predicted molar refractivity (Wildman–Crippen MR) is 102 cm³/mol. The van der Waals surface area contributed by atoms with Gasteiger partial charge in [-0.05, 0) is 43.5 Å². The van der Waals surface area contributed by atoms with E-state index in [9.17, 15) is 4.79 Å². The molecule has 0 saturated carbocycles. The number of hydrogen-bond donors (Lipinski definition) is 0. The molecule has 0 aliphatic heterocycles. The van der Waals surface area contributed by atoms with E-state index in [-0.39, 0.29) is 5.69 Å². The molecule has 0 aliphatic rings. The molecule has 0 saturated heterocycles. The third kappa shape index (κ3) is 3.31. The average molecular weight is 341 g/mol. The van der Waals surface area contributed by atoms with Crippen molar-refractivity contribution in [3.8, 4) is 0 Å². The van der Waals surface area contributed by atoms with E-state index in [2.05, 4.69) is 0 Å². The molecular weight excluding hydrogens is 320 g/mol. The van der Waals surface area contributed by atoms with Crippen LogP contribution in [0.5, 0.6) is 0 Å². The van der Waals surface area contributed by atoms with Gasteiger partial charge < -0.3 is 0 Å². The minimum atomic E-state index is 0.00968. The summed E-state index contributed by atoms with van der Waals surface area (Å²) in [7, 11) is 0. The Morgan fingerprint density at radius 2 is 1.67 bits per heavy atom. The molecule has 2 aromatic carbocycles. The lowest BCUT2D eigenvalue weighted by Crippen LogP contribution is -2.23. The molecule has 3 nitrogen and oxygen atoms in total. The zero-order valence-corrected chi connectivity index (χ0v) is 14.5. The predicted octanol–water partition coefficient (Wildman–Crippen LogP) is 4.84. The van der Waals surface area contributed by atoms with Gasteiger partial charge in [-0.25, -0.2) is 4.79 Å². The Hall–Kier alpha value is -2.26. The first-order valence-corrected chi connectivity index (χ1v) is 8.76. The lowest BCUT2D eigenvalue weighted by atomic mass is 10.2. The van der Waals surface area contributed by atoms with Crippen molar-refractivity contribution in [2.24, 2.45) is 0 Å². The Labute approximate surface area is 146 Å². The van der Waals surface area contributed by atoms with E-state index < -0.39 is 0 Å². The fourth-order valence-corrected chi connectivity index (χ4v) is 3.17. The number of allylic oxidation sites excluding steroid dienone is 1. The maximum atomic E-state index is 13.0. The van der Waals surface area contributed by atoms with Crippen LogP contribution in [0.25, 0.3) is 22.8 Å². The number of unbranched alkanes of at least 4 members (excludes halogenated alkanes) is 1. The van der Waals surface area contributed by atoms with E-state index in [1.165, 1.54) is 0 Å². The van der Waals surface area contributed by atoms with Crippen LogP contribution in [0.1, 0.15) is 25.3 Å². The van der Waals surface area contributed by atoms with Gasteiger partial charge in [0.25, 0.3) is 0 Å². The molecule has 4 heteroatoms. The van der Waals surface area contributed by atoms with E-state index in [0.29, 0.717) is 12.4 Å². The van der Waals surface area contributed by atoms with Gasteiger partial charge >= 0.3 is 5.69 Å². The Kier molecular flexibility index (Phi) is 5.21. The zero-order chi connectivity index (χ0) is 16.9. The Bertz CT molecular complexity index is 906. The van der Waals surface area contributed by atoms with Gasteiger partial charge in [-0.15, -0.1) is 11.6 Å². The van der Waals surface area contributed by atoms with Crippen LogP contribution in [0.4, 0.5) is 0 Å². The number of fused-ring (bicyclic) bond motifs is 1. The zero-order valence-electron chi connectivity index (χ0n) is 13.8. The van der Waals surface area contributed by atoms with Crippen LogP contribution in [0.2, 0.25) is 0 Å². The number of aryl methyl sites for hydroxylation is 1. The highest BCUT2D eigenvalue weighted by atomic mass is 35.5. The highest BCUT2D eigenvalue weighted by Crippen LogP contribution is 2.19. The van der Waals surface area contributed by atoms with Crippen molar-refractivity contribution in [3.05, 3.63) is 70.6 Å². The topological polar surface area (TPSA) is 26.9 Å². The number of para-hydroxylation sites is 2. The summed E-state index contributed by atoms with van der Waals surface area (Å²) in [5, 5.41) is 0. The largest absolute Gasteiger partial charge is 0.333 e. The molecule has 0 bridgehead atoms. The molecule has 0 aliphatic carbocycles. The van der Waals surface area contributed by atoms with Gasteiger partial charge in [-0.1, -0.05) is 42.5 Å². The molecule has 0 unspecified atom stereocenters. The molecule has 0 atom stereocenters. The Morgan fingerprint density at radius 3 is 2.38 bits per heavy atom. The lowest BCUT2D eigenvalue weighted by molar-refractivity contribution is 0.625. The smallest absolute Gasteiger partial charge is 0.292 e. The van der Waals surface area contributed by atoms with Gasteiger partial charge in [0.2, 0.25) is 0 Å². The van der Waals surface area contributed by atoms with Crippen LogP contribution >= 0.6 is 11.6 Å². The molecule has 0 N–H and O–H groups in total. The summed E-state index contributed by atoms with van der Waals surface area (Å²) in [6.07, 6.45) is 3.85. The molecule has 3 aromatic rings. The molecule has 1 heterocycles. The summed E-state index contributed by atoms with van der Waals surface area (Å²) in [6, 6.07) is 18.0. The van der Waals surface area contributed by atoms with E-state index in [1.807, 2.05) is 72.2 Å². The maximum absolute atomic E-state index is 13.0. The minimum absolute atomic E-state index is 0.00968. The maximum Gasteiger partial charge on any atom is 0.333 e. The molecule has 0 spiro atoms. The molecule has 1 aromatic heterocycles. The molecule has 0 amide bonds.